The highest BCUT2D eigenvalue weighted by atomic mass is 32.2. The summed E-state index contributed by atoms with van der Waals surface area (Å²) in [6.45, 7) is 0. The standard InChI is InChI=1S/C7H12O4S/c1-11-7-4-2-3-6(7)5-12(8,9)10/h2-3,6-7H,4-5H2,1H3,(H,8,9,10). The summed E-state index contributed by atoms with van der Waals surface area (Å²) in [7, 11) is -2.35. The minimum absolute atomic E-state index is 0.105. The van der Waals surface area contributed by atoms with Crippen molar-refractivity contribution < 1.29 is 17.7 Å². The van der Waals surface area contributed by atoms with E-state index < -0.39 is 10.1 Å². The maximum Gasteiger partial charge on any atom is 0.265 e. The van der Waals surface area contributed by atoms with Crippen molar-refractivity contribution in [1.82, 2.24) is 0 Å². The fraction of sp³-hybridized carbons (Fsp3) is 0.714. The first-order valence-corrected chi connectivity index (χ1v) is 5.28. The first-order chi connectivity index (χ1) is 5.53. The van der Waals surface area contributed by atoms with Crippen LogP contribution in [0.3, 0.4) is 0 Å². The third-order valence-electron chi connectivity index (χ3n) is 1.94. The van der Waals surface area contributed by atoms with Gasteiger partial charge in [0.2, 0.25) is 0 Å². The van der Waals surface area contributed by atoms with E-state index in [1.54, 1.807) is 6.08 Å². The molecule has 2 unspecified atom stereocenters. The fourth-order valence-electron chi connectivity index (χ4n) is 1.36. The number of hydrogen-bond donors (Lipinski definition) is 1. The van der Waals surface area contributed by atoms with Crippen LogP contribution in [0.1, 0.15) is 6.42 Å². The third-order valence-corrected chi connectivity index (χ3v) is 2.74. The monoisotopic (exact) mass is 192 g/mol. The van der Waals surface area contributed by atoms with Gasteiger partial charge in [0.1, 0.15) is 0 Å². The van der Waals surface area contributed by atoms with Crippen molar-refractivity contribution in [3.05, 3.63) is 12.2 Å². The molecule has 0 radical (unpaired) electrons. The minimum Gasteiger partial charge on any atom is -0.380 e. The number of rotatable bonds is 3. The van der Waals surface area contributed by atoms with Gasteiger partial charge in [-0.15, -0.1) is 0 Å². The Balaban J connectivity index is 2.58. The van der Waals surface area contributed by atoms with E-state index in [1.165, 1.54) is 7.11 Å². The van der Waals surface area contributed by atoms with E-state index in [4.69, 9.17) is 9.29 Å². The average Bonchev–Trinajstić information content (AvgIpc) is 2.31. The van der Waals surface area contributed by atoms with Crippen molar-refractivity contribution in [2.75, 3.05) is 12.9 Å². The molecule has 0 spiro atoms. The third kappa shape index (κ3) is 2.58. The quantitative estimate of drug-likeness (QED) is 0.521. The molecule has 0 aromatic heterocycles. The molecule has 1 rings (SSSR count). The second-order valence-electron chi connectivity index (χ2n) is 2.85. The van der Waals surface area contributed by atoms with Crippen molar-refractivity contribution in [2.24, 2.45) is 5.92 Å². The van der Waals surface area contributed by atoms with E-state index in [0.29, 0.717) is 0 Å². The lowest BCUT2D eigenvalue weighted by Crippen LogP contribution is -2.24. The summed E-state index contributed by atoms with van der Waals surface area (Å²) in [6.07, 6.45) is 4.25. The zero-order valence-corrected chi connectivity index (χ0v) is 7.62. The molecule has 5 heteroatoms. The smallest absolute Gasteiger partial charge is 0.265 e. The van der Waals surface area contributed by atoms with Crippen LogP contribution < -0.4 is 0 Å². The van der Waals surface area contributed by atoms with Gasteiger partial charge in [-0.2, -0.15) is 8.42 Å². The normalized spacial score (nSPS) is 29.5. The van der Waals surface area contributed by atoms with Crippen LogP contribution in [0.15, 0.2) is 12.2 Å². The molecule has 1 aliphatic carbocycles. The maximum atomic E-state index is 10.5. The topological polar surface area (TPSA) is 63.6 Å². The lowest BCUT2D eigenvalue weighted by Gasteiger charge is -2.15. The Morgan fingerprint density at radius 3 is 2.83 bits per heavy atom. The number of hydrogen-bond acceptors (Lipinski definition) is 3. The first kappa shape index (κ1) is 9.70. The predicted molar refractivity (Wildman–Crippen MR) is 44.5 cm³/mol. The minimum atomic E-state index is -3.88. The molecule has 0 aromatic carbocycles. The summed E-state index contributed by atoms with van der Waals surface area (Å²) < 4.78 is 34.6. The molecule has 0 aliphatic heterocycles. The molecule has 70 valence electrons. The summed E-state index contributed by atoms with van der Waals surface area (Å²) in [5.74, 6) is -0.452. The van der Waals surface area contributed by atoms with Gasteiger partial charge in [0, 0.05) is 13.0 Å². The Hall–Kier alpha value is -0.390. The molecule has 0 amide bonds. The van der Waals surface area contributed by atoms with Crippen LogP contribution in [-0.4, -0.2) is 31.9 Å². The highest BCUT2D eigenvalue weighted by Gasteiger charge is 2.26. The second kappa shape index (κ2) is 3.55. The number of ether oxygens (including phenoxy) is 1. The maximum absolute atomic E-state index is 10.5. The highest BCUT2D eigenvalue weighted by molar-refractivity contribution is 7.85. The van der Waals surface area contributed by atoms with Gasteiger partial charge in [-0.1, -0.05) is 12.2 Å². The van der Waals surface area contributed by atoms with Gasteiger partial charge in [-0.05, 0) is 6.42 Å². The molecule has 0 fully saturated rings. The van der Waals surface area contributed by atoms with E-state index in [0.717, 1.165) is 6.42 Å². The number of methoxy groups -OCH3 is 1. The van der Waals surface area contributed by atoms with Crippen LogP contribution in [0.4, 0.5) is 0 Å². The van der Waals surface area contributed by atoms with Gasteiger partial charge >= 0.3 is 0 Å². The van der Waals surface area contributed by atoms with Crippen LogP contribution in [0.2, 0.25) is 0 Å². The Bertz CT molecular complexity index is 267. The van der Waals surface area contributed by atoms with Crippen LogP contribution >= 0.6 is 0 Å². The molecule has 0 heterocycles. The molecular weight excluding hydrogens is 180 g/mol. The zero-order chi connectivity index (χ0) is 9.19. The predicted octanol–water partition coefficient (Wildman–Crippen LogP) is 0.465. The van der Waals surface area contributed by atoms with E-state index in [1.807, 2.05) is 6.08 Å². The van der Waals surface area contributed by atoms with Gasteiger partial charge < -0.3 is 4.74 Å². The summed E-state index contributed by atoms with van der Waals surface area (Å²) in [5.41, 5.74) is 0. The van der Waals surface area contributed by atoms with Crippen LogP contribution in [-0.2, 0) is 14.9 Å². The first-order valence-electron chi connectivity index (χ1n) is 3.67. The van der Waals surface area contributed by atoms with Gasteiger partial charge in [-0.3, -0.25) is 4.55 Å². The summed E-state index contributed by atoms with van der Waals surface area (Å²) in [6, 6.07) is 0. The molecular formula is C7H12O4S. The van der Waals surface area contributed by atoms with Crippen LogP contribution in [0, 0.1) is 5.92 Å². The van der Waals surface area contributed by atoms with Crippen molar-refractivity contribution in [3.8, 4) is 0 Å². The summed E-state index contributed by atoms with van der Waals surface area (Å²) in [4.78, 5) is 0. The molecule has 2 atom stereocenters. The Labute approximate surface area is 72.0 Å². The Morgan fingerprint density at radius 1 is 1.67 bits per heavy atom. The Kier molecular flexibility index (Phi) is 2.87. The average molecular weight is 192 g/mol. The second-order valence-corrected chi connectivity index (χ2v) is 4.35. The summed E-state index contributed by atoms with van der Waals surface area (Å²) in [5, 5.41) is 0. The van der Waals surface area contributed by atoms with E-state index >= 15 is 0 Å². The van der Waals surface area contributed by atoms with Crippen molar-refractivity contribution in [3.63, 3.8) is 0 Å². The SMILES string of the molecule is COC1CC=CC1CS(=O)(=O)O. The lowest BCUT2D eigenvalue weighted by molar-refractivity contribution is 0.0850. The summed E-state index contributed by atoms with van der Waals surface area (Å²) >= 11 is 0. The van der Waals surface area contributed by atoms with Crippen molar-refractivity contribution in [1.29, 1.82) is 0 Å². The van der Waals surface area contributed by atoms with E-state index in [-0.39, 0.29) is 17.8 Å². The van der Waals surface area contributed by atoms with Crippen LogP contribution in [0.25, 0.3) is 0 Å². The molecule has 1 aliphatic rings. The zero-order valence-electron chi connectivity index (χ0n) is 6.80. The largest absolute Gasteiger partial charge is 0.380 e. The van der Waals surface area contributed by atoms with Gasteiger partial charge in [0.15, 0.2) is 0 Å². The highest BCUT2D eigenvalue weighted by Crippen LogP contribution is 2.21. The van der Waals surface area contributed by atoms with Gasteiger partial charge in [0.05, 0.1) is 11.9 Å². The molecule has 0 saturated carbocycles. The van der Waals surface area contributed by atoms with Gasteiger partial charge in [-0.25, -0.2) is 0 Å². The molecule has 0 aromatic rings. The molecule has 1 N–H and O–H groups in total. The molecule has 4 nitrogen and oxygen atoms in total. The van der Waals surface area contributed by atoms with Crippen LogP contribution in [0.5, 0.6) is 0 Å². The van der Waals surface area contributed by atoms with E-state index in [9.17, 15) is 8.42 Å². The molecule has 0 saturated heterocycles. The lowest BCUT2D eigenvalue weighted by atomic mass is 10.1. The van der Waals surface area contributed by atoms with Crippen molar-refractivity contribution >= 4 is 10.1 Å². The van der Waals surface area contributed by atoms with E-state index in [2.05, 4.69) is 0 Å². The Morgan fingerprint density at radius 2 is 2.33 bits per heavy atom. The molecule has 0 bridgehead atoms. The fourth-order valence-corrected chi connectivity index (χ4v) is 2.18. The molecule has 12 heavy (non-hydrogen) atoms. The van der Waals surface area contributed by atoms with Gasteiger partial charge in [0.25, 0.3) is 10.1 Å². The van der Waals surface area contributed by atoms with Crippen molar-refractivity contribution in [2.45, 2.75) is 12.5 Å².